The van der Waals surface area contributed by atoms with Gasteiger partial charge >= 0.3 is 12.1 Å². The minimum Gasteiger partial charge on any atom is -0.504 e. The number of carbonyl (C=O) groups is 1. The Morgan fingerprint density at radius 3 is 2.24 bits per heavy atom. The van der Waals surface area contributed by atoms with Crippen LogP contribution < -0.4 is 5.73 Å². The van der Waals surface area contributed by atoms with Crippen molar-refractivity contribution >= 4 is 5.97 Å². The zero-order valence-corrected chi connectivity index (χ0v) is 11.2. The second-order valence-electron chi connectivity index (χ2n) is 4.86. The fourth-order valence-electron chi connectivity index (χ4n) is 2.05. The first-order chi connectivity index (χ1) is 9.53. The molecule has 118 valence electrons. The van der Waals surface area contributed by atoms with Gasteiger partial charge < -0.3 is 21.1 Å². The fourth-order valence-corrected chi connectivity index (χ4v) is 2.05. The number of halogens is 3. The normalized spacial score (nSPS) is 14.7. The lowest BCUT2D eigenvalue weighted by atomic mass is 9.87. The number of hydrogen-bond acceptors (Lipinski definition) is 4. The highest BCUT2D eigenvalue weighted by molar-refractivity contribution is 5.79. The van der Waals surface area contributed by atoms with Crippen molar-refractivity contribution in [3.8, 4) is 11.5 Å². The Morgan fingerprint density at radius 1 is 1.24 bits per heavy atom. The molecular weight excluding hydrogens is 291 g/mol. The number of phenolic OH excluding ortho intramolecular Hbond substituents is 2. The first-order valence-corrected chi connectivity index (χ1v) is 6.16. The highest BCUT2D eigenvalue weighted by atomic mass is 19.4. The molecule has 1 atom stereocenters. The van der Waals surface area contributed by atoms with Crippen LogP contribution in [0.3, 0.4) is 0 Å². The highest BCUT2D eigenvalue weighted by Crippen LogP contribution is 2.42. The molecule has 5 nitrogen and oxygen atoms in total. The molecule has 0 spiro atoms. The molecule has 21 heavy (non-hydrogen) atoms. The molecule has 0 unspecified atom stereocenters. The SMILES string of the molecule is CCC[C@](N)(Cc1ccc(C(F)(F)F)c(O)c1O)C(=O)O. The van der Waals surface area contributed by atoms with Crippen LogP contribution in [0.25, 0.3) is 0 Å². The van der Waals surface area contributed by atoms with Gasteiger partial charge in [0.05, 0.1) is 0 Å². The fraction of sp³-hybridized carbons (Fsp3) is 0.462. The van der Waals surface area contributed by atoms with E-state index in [2.05, 4.69) is 0 Å². The Labute approximate surface area is 118 Å². The van der Waals surface area contributed by atoms with E-state index in [1.165, 1.54) is 0 Å². The lowest BCUT2D eigenvalue weighted by Crippen LogP contribution is -2.49. The van der Waals surface area contributed by atoms with Crippen molar-refractivity contribution in [2.75, 3.05) is 0 Å². The summed E-state index contributed by atoms with van der Waals surface area (Å²) in [5.41, 5.74) is 2.44. The van der Waals surface area contributed by atoms with E-state index in [0.29, 0.717) is 12.5 Å². The molecule has 0 bridgehead atoms. The Kier molecular flexibility index (Phi) is 4.72. The van der Waals surface area contributed by atoms with Gasteiger partial charge in [-0.25, -0.2) is 0 Å². The largest absolute Gasteiger partial charge is 0.504 e. The molecule has 8 heteroatoms. The van der Waals surface area contributed by atoms with Gasteiger partial charge in [0.25, 0.3) is 0 Å². The van der Waals surface area contributed by atoms with Gasteiger partial charge in [-0.1, -0.05) is 19.4 Å². The number of alkyl halides is 3. The van der Waals surface area contributed by atoms with Gasteiger partial charge in [-0.15, -0.1) is 0 Å². The van der Waals surface area contributed by atoms with E-state index in [1.807, 2.05) is 0 Å². The van der Waals surface area contributed by atoms with Crippen molar-refractivity contribution in [3.63, 3.8) is 0 Å². The molecule has 1 aromatic carbocycles. The molecule has 1 aromatic rings. The third-order valence-corrected chi connectivity index (χ3v) is 3.17. The maximum atomic E-state index is 12.6. The quantitative estimate of drug-likeness (QED) is 0.625. The summed E-state index contributed by atoms with van der Waals surface area (Å²) in [7, 11) is 0. The Balaban J connectivity index is 3.22. The van der Waals surface area contributed by atoms with Crippen LogP contribution in [0.1, 0.15) is 30.9 Å². The molecule has 0 saturated heterocycles. The molecule has 0 aromatic heterocycles. The number of nitrogens with two attached hydrogens (primary N) is 1. The second-order valence-corrected chi connectivity index (χ2v) is 4.86. The maximum absolute atomic E-state index is 12.6. The summed E-state index contributed by atoms with van der Waals surface area (Å²) in [5.74, 6) is -3.66. The lowest BCUT2D eigenvalue weighted by molar-refractivity contribution is -0.143. The molecule has 0 aliphatic carbocycles. The van der Waals surface area contributed by atoms with E-state index in [9.17, 15) is 28.2 Å². The number of aliphatic carboxylic acids is 1. The monoisotopic (exact) mass is 307 g/mol. The van der Waals surface area contributed by atoms with E-state index in [4.69, 9.17) is 10.8 Å². The molecule has 0 aliphatic rings. The van der Waals surface area contributed by atoms with Crippen LogP contribution in [0.4, 0.5) is 13.2 Å². The average Bonchev–Trinajstić information content (AvgIpc) is 2.33. The van der Waals surface area contributed by atoms with Crippen LogP contribution in [-0.2, 0) is 17.4 Å². The standard InChI is InChI=1S/C13H16F3NO4/c1-2-5-12(17,11(20)21)6-7-3-4-8(13(14,15)16)10(19)9(7)18/h3-4,18-19H,2,5-6,17H2,1H3,(H,20,21)/t12-/m0/s1. The minimum absolute atomic E-state index is 0.0730. The Hall–Kier alpha value is -1.96. The molecule has 1 rings (SSSR count). The van der Waals surface area contributed by atoms with Crippen LogP contribution in [0.5, 0.6) is 11.5 Å². The van der Waals surface area contributed by atoms with Crippen LogP contribution in [0.2, 0.25) is 0 Å². The molecule has 0 heterocycles. The number of carboxylic acid groups (broad SMARTS) is 1. The van der Waals surface area contributed by atoms with Crippen LogP contribution in [0.15, 0.2) is 12.1 Å². The molecule has 5 N–H and O–H groups in total. The van der Waals surface area contributed by atoms with Crippen molar-refractivity contribution in [1.82, 2.24) is 0 Å². The summed E-state index contributed by atoms with van der Waals surface area (Å²) >= 11 is 0. The first-order valence-electron chi connectivity index (χ1n) is 6.16. The van der Waals surface area contributed by atoms with Gasteiger partial charge in [-0.2, -0.15) is 13.2 Å². The zero-order valence-electron chi connectivity index (χ0n) is 11.2. The van der Waals surface area contributed by atoms with Gasteiger partial charge in [0, 0.05) is 12.0 Å². The molecule has 0 saturated carbocycles. The topological polar surface area (TPSA) is 104 Å². The summed E-state index contributed by atoms with van der Waals surface area (Å²) in [6.45, 7) is 1.70. The number of aromatic hydroxyl groups is 2. The van der Waals surface area contributed by atoms with E-state index in [1.54, 1.807) is 6.92 Å². The summed E-state index contributed by atoms with van der Waals surface area (Å²) in [5, 5.41) is 28.2. The Morgan fingerprint density at radius 2 is 1.81 bits per heavy atom. The predicted molar refractivity (Wildman–Crippen MR) is 67.9 cm³/mol. The Bertz CT molecular complexity index is 545. The summed E-state index contributed by atoms with van der Waals surface area (Å²) in [6, 6.07) is 1.50. The van der Waals surface area contributed by atoms with Crippen molar-refractivity contribution in [1.29, 1.82) is 0 Å². The summed E-state index contributed by atoms with van der Waals surface area (Å²) < 4.78 is 37.7. The number of phenols is 2. The molecule has 0 radical (unpaired) electrons. The van der Waals surface area contributed by atoms with E-state index < -0.39 is 41.2 Å². The smallest absolute Gasteiger partial charge is 0.420 e. The third-order valence-electron chi connectivity index (χ3n) is 3.17. The van der Waals surface area contributed by atoms with Gasteiger partial charge in [-0.05, 0) is 12.5 Å². The van der Waals surface area contributed by atoms with Crippen molar-refractivity contribution in [3.05, 3.63) is 23.3 Å². The molecule has 0 aliphatic heterocycles. The number of carboxylic acids is 1. The van der Waals surface area contributed by atoms with Crippen LogP contribution in [0, 0.1) is 0 Å². The molecule has 0 fully saturated rings. The first kappa shape index (κ1) is 17.1. The molecule has 0 amide bonds. The van der Waals surface area contributed by atoms with Crippen LogP contribution in [-0.4, -0.2) is 26.8 Å². The van der Waals surface area contributed by atoms with Gasteiger partial charge in [0.15, 0.2) is 11.5 Å². The average molecular weight is 307 g/mol. The summed E-state index contributed by atoms with van der Waals surface area (Å²) in [4.78, 5) is 11.2. The number of hydrogen-bond donors (Lipinski definition) is 4. The summed E-state index contributed by atoms with van der Waals surface area (Å²) in [6.07, 6.45) is -4.70. The maximum Gasteiger partial charge on any atom is 0.420 e. The van der Waals surface area contributed by atoms with Crippen LogP contribution >= 0.6 is 0 Å². The third kappa shape index (κ3) is 3.57. The van der Waals surface area contributed by atoms with Gasteiger partial charge in [-0.3, -0.25) is 4.79 Å². The van der Waals surface area contributed by atoms with E-state index in [-0.39, 0.29) is 12.0 Å². The van der Waals surface area contributed by atoms with Crippen molar-refractivity contribution < 1.29 is 33.3 Å². The molecular formula is C13H16F3NO4. The minimum atomic E-state index is -4.82. The predicted octanol–water partition coefficient (Wildman–Crippen LogP) is 2.24. The number of benzene rings is 1. The van der Waals surface area contributed by atoms with E-state index >= 15 is 0 Å². The van der Waals surface area contributed by atoms with E-state index in [0.717, 1.165) is 6.07 Å². The van der Waals surface area contributed by atoms with Gasteiger partial charge in [0.1, 0.15) is 11.1 Å². The van der Waals surface area contributed by atoms with Crippen molar-refractivity contribution in [2.24, 2.45) is 5.73 Å². The van der Waals surface area contributed by atoms with Crippen molar-refractivity contribution in [2.45, 2.75) is 37.9 Å². The second kappa shape index (κ2) is 5.80. The zero-order chi connectivity index (χ0) is 16.4. The number of rotatable bonds is 5. The highest BCUT2D eigenvalue weighted by Gasteiger charge is 2.38. The lowest BCUT2D eigenvalue weighted by Gasteiger charge is -2.25. The van der Waals surface area contributed by atoms with Gasteiger partial charge in [0.2, 0.25) is 0 Å².